The molecule has 0 aromatic heterocycles. The first-order valence-corrected chi connectivity index (χ1v) is 8.19. The number of hydrogen-bond donors (Lipinski definition) is 0. The Bertz CT molecular complexity index is 520. The molecule has 0 saturated carbocycles. The fourth-order valence-corrected chi connectivity index (χ4v) is 3.24. The molecule has 0 spiro atoms. The van der Waals surface area contributed by atoms with Gasteiger partial charge in [0.1, 0.15) is 0 Å². The molecule has 0 aliphatic heterocycles. The van der Waals surface area contributed by atoms with E-state index in [9.17, 15) is 13.2 Å². The molecule has 1 rings (SSSR count). The highest BCUT2D eigenvalue weighted by Crippen LogP contribution is 2.12. The zero-order valence-electron chi connectivity index (χ0n) is 11.4. The number of hydrogen-bond acceptors (Lipinski definition) is 4. The van der Waals surface area contributed by atoms with E-state index in [1.165, 1.54) is 7.11 Å². The molecule has 0 saturated heterocycles. The van der Waals surface area contributed by atoms with Crippen molar-refractivity contribution in [1.82, 2.24) is 0 Å². The van der Waals surface area contributed by atoms with Crippen LogP contribution in [0.3, 0.4) is 0 Å². The van der Waals surface area contributed by atoms with Gasteiger partial charge in [0, 0.05) is 0 Å². The van der Waals surface area contributed by atoms with E-state index < -0.39 is 15.8 Å². The van der Waals surface area contributed by atoms with Crippen LogP contribution >= 0.6 is 0 Å². The summed E-state index contributed by atoms with van der Waals surface area (Å²) in [4.78, 5) is 11.6. The maximum Gasteiger partial charge on any atom is 0.338 e. The van der Waals surface area contributed by atoms with Gasteiger partial charge < -0.3 is 4.74 Å². The fourth-order valence-electron chi connectivity index (χ4n) is 1.78. The molecule has 0 aliphatic rings. The fraction of sp³-hybridized carbons (Fsp3) is 0.500. The third-order valence-corrected chi connectivity index (χ3v) is 4.65. The Kier molecular flexibility index (Phi) is 6.02. The molecule has 1 aromatic carbocycles. The number of sulfone groups is 1. The van der Waals surface area contributed by atoms with Crippen LogP contribution in [0.15, 0.2) is 24.3 Å². The smallest absolute Gasteiger partial charge is 0.338 e. The molecule has 19 heavy (non-hydrogen) atoms. The van der Waals surface area contributed by atoms with Gasteiger partial charge >= 0.3 is 5.97 Å². The van der Waals surface area contributed by atoms with Crippen LogP contribution in [0.1, 0.15) is 35.7 Å². The number of carbonyl (C=O) groups is 1. The average molecular weight is 284 g/mol. The van der Waals surface area contributed by atoms with Gasteiger partial charge in [0.2, 0.25) is 0 Å². The Morgan fingerprint density at radius 2 is 1.89 bits per heavy atom. The second-order valence-electron chi connectivity index (χ2n) is 4.40. The molecule has 4 nitrogen and oxygen atoms in total. The van der Waals surface area contributed by atoms with Gasteiger partial charge in [-0.3, -0.25) is 0 Å². The molecule has 106 valence electrons. The molecule has 5 heteroatoms. The van der Waals surface area contributed by atoms with E-state index in [4.69, 9.17) is 0 Å². The van der Waals surface area contributed by atoms with Crippen molar-refractivity contribution < 1.29 is 17.9 Å². The molecule has 0 atom stereocenters. The van der Waals surface area contributed by atoms with E-state index in [1.54, 1.807) is 24.3 Å². The Hall–Kier alpha value is -1.36. The number of benzene rings is 1. The van der Waals surface area contributed by atoms with E-state index in [-0.39, 0.29) is 11.5 Å². The van der Waals surface area contributed by atoms with Crippen LogP contribution in [-0.2, 0) is 21.0 Å². The summed E-state index contributed by atoms with van der Waals surface area (Å²) in [6.07, 6.45) is 1.89. The van der Waals surface area contributed by atoms with Gasteiger partial charge in [0.25, 0.3) is 0 Å². The van der Waals surface area contributed by atoms with E-state index in [2.05, 4.69) is 4.74 Å². The van der Waals surface area contributed by atoms with Crippen molar-refractivity contribution in [1.29, 1.82) is 0 Å². The largest absolute Gasteiger partial charge is 0.465 e. The molecule has 0 heterocycles. The lowest BCUT2D eigenvalue weighted by Crippen LogP contribution is -2.15. The van der Waals surface area contributed by atoms with Crippen LogP contribution in [0.25, 0.3) is 0 Å². The lowest BCUT2D eigenvalue weighted by molar-refractivity contribution is 0.0599. The normalized spacial score (nSPS) is 11.3. The molecule has 0 aliphatic carbocycles. The molecule has 0 radical (unpaired) electrons. The minimum atomic E-state index is -3.04. The number of carbonyl (C=O) groups excluding carboxylic acids is 1. The number of methoxy groups -OCH3 is 1. The minimum absolute atomic E-state index is 0.0704. The number of ether oxygens (including phenoxy) is 1. The van der Waals surface area contributed by atoms with Crippen molar-refractivity contribution in [3.05, 3.63) is 35.4 Å². The lowest BCUT2D eigenvalue weighted by Gasteiger charge is -2.08. The van der Waals surface area contributed by atoms with E-state index >= 15 is 0 Å². The van der Waals surface area contributed by atoms with Gasteiger partial charge in [-0.15, -0.1) is 0 Å². The zero-order chi connectivity index (χ0) is 14.3. The molecular formula is C14H20O4S. The van der Waals surface area contributed by atoms with Crippen molar-refractivity contribution in [2.75, 3.05) is 18.6 Å². The summed E-state index contributed by atoms with van der Waals surface area (Å²) in [5.74, 6) is -0.146. The molecule has 0 unspecified atom stereocenters. The predicted molar refractivity (Wildman–Crippen MR) is 75.0 cm³/mol. The Morgan fingerprint density at radius 3 is 2.53 bits per heavy atom. The second-order valence-corrected chi connectivity index (χ2v) is 6.71. The third kappa shape index (κ3) is 5.03. The summed E-state index contributed by atoms with van der Waals surface area (Å²) in [6.45, 7) is 1.96. The number of aryl methyl sites for hydroxylation is 1. The van der Waals surface area contributed by atoms with E-state index in [0.717, 1.165) is 12.0 Å². The lowest BCUT2D eigenvalue weighted by atomic mass is 10.1. The summed E-state index contributed by atoms with van der Waals surface area (Å²) in [6, 6.07) is 6.95. The van der Waals surface area contributed by atoms with Crippen molar-refractivity contribution in [2.24, 2.45) is 0 Å². The average Bonchev–Trinajstić information content (AvgIpc) is 2.42. The van der Waals surface area contributed by atoms with Crippen LogP contribution in [0.5, 0.6) is 0 Å². The maximum absolute atomic E-state index is 11.8. The maximum atomic E-state index is 11.8. The van der Waals surface area contributed by atoms with Crippen molar-refractivity contribution in [2.45, 2.75) is 26.2 Å². The van der Waals surface area contributed by atoms with Crippen LogP contribution in [0.4, 0.5) is 0 Å². The van der Waals surface area contributed by atoms with Crippen molar-refractivity contribution >= 4 is 15.8 Å². The van der Waals surface area contributed by atoms with Gasteiger partial charge in [-0.1, -0.05) is 31.5 Å². The van der Waals surface area contributed by atoms with E-state index in [0.29, 0.717) is 18.4 Å². The van der Waals surface area contributed by atoms with E-state index in [1.807, 2.05) is 6.92 Å². The molecule has 0 bridgehead atoms. The van der Waals surface area contributed by atoms with Crippen molar-refractivity contribution in [3.63, 3.8) is 0 Å². The van der Waals surface area contributed by atoms with Crippen LogP contribution < -0.4 is 0 Å². The molecule has 0 N–H and O–H groups in total. The van der Waals surface area contributed by atoms with Gasteiger partial charge in [-0.25, -0.2) is 13.2 Å². The monoisotopic (exact) mass is 284 g/mol. The molecule has 1 aromatic rings. The van der Waals surface area contributed by atoms with Gasteiger partial charge in [0.05, 0.1) is 24.2 Å². The summed E-state index contributed by atoms with van der Waals surface area (Å²) in [5, 5.41) is 0. The van der Waals surface area contributed by atoms with Gasteiger partial charge in [0.15, 0.2) is 9.84 Å². The second kappa shape index (κ2) is 7.28. The quantitative estimate of drug-likeness (QED) is 0.720. The van der Waals surface area contributed by atoms with Crippen molar-refractivity contribution in [3.8, 4) is 0 Å². The molecule has 0 amide bonds. The Labute approximate surface area is 114 Å². The SMILES string of the molecule is CCCCS(=O)(=O)CCc1ccccc1C(=O)OC. The first kappa shape index (κ1) is 15.7. The van der Waals surface area contributed by atoms with Crippen LogP contribution in [0.2, 0.25) is 0 Å². The highest BCUT2D eigenvalue weighted by Gasteiger charge is 2.15. The summed E-state index contributed by atoms with van der Waals surface area (Å²) < 4.78 is 28.3. The van der Waals surface area contributed by atoms with Crippen LogP contribution in [-0.4, -0.2) is 33.0 Å². The molecule has 0 fully saturated rings. The molecular weight excluding hydrogens is 264 g/mol. The van der Waals surface area contributed by atoms with Gasteiger partial charge in [-0.2, -0.15) is 0 Å². The summed E-state index contributed by atoms with van der Waals surface area (Å²) in [5.41, 5.74) is 1.16. The summed E-state index contributed by atoms with van der Waals surface area (Å²) >= 11 is 0. The highest BCUT2D eigenvalue weighted by molar-refractivity contribution is 7.91. The topological polar surface area (TPSA) is 60.4 Å². The first-order chi connectivity index (χ1) is 9.00. The van der Waals surface area contributed by atoms with Crippen LogP contribution in [0, 0.1) is 0 Å². The minimum Gasteiger partial charge on any atom is -0.465 e. The predicted octanol–water partition coefficient (Wildman–Crippen LogP) is 2.23. The standard InChI is InChI=1S/C14H20O4S/c1-3-4-10-19(16,17)11-9-12-7-5-6-8-13(12)14(15)18-2/h5-8H,3-4,9-11H2,1-2H3. The number of rotatable bonds is 7. The number of unbranched alkanes of at least 4 members (excludes halogenated alkanes) is 1. The Balaban J connectivity index is 2.75. The van der Waals surface area contributed by atoms with Gasteiger partial charge in [-0.05, 0) is 24.5 Å². The third-order valence-electron chi connectivity index (χ3n) is 2.91. The first-order valence-electron chi connectivity index (χ1n) is 6.37. The highest BCUT2D eigenvalue weighted by atomic mass is 32.2. The summed E-state index contributed by atoms with van der Waals surface area (Å²) in [7, 11) is -1.73. The Morgan fingerprint density at radius 1 is 1.21 bits per heavy atom. The zero-order valence-corrected chi connectivity index (χ0v) is 12.2. The number of esters is 1.